The zero-order chi connectivity index (χ0) is 13.4. The minimum absolute atomic E-state index is 0.198. The van der Waals surface area contributed by atoms with E-state index in [1.807, 2.05) is 6.26 Å². The maximum absolute atomic E-state index is 12.0. The van der Waals surface area contributed by atoms with Crippen molar-refractivity contribution >= 4 is 17.4 Å². The highest BCUT2D eigenvalue weighted by atomic mass is 32.2. The van der Waals surface area contributed by atoms with Crippen LogP contribution in [-0.2, 0) is 0 Å². The molecule has 1 aromatic rings. The lowest BCUT2D eigenvalue weighted by Gasteiger charge is -2.11. The van der Waals surface area contributed by atoms with Crippen LogP contribution in [0.25, 0.3) is 0 Å². The largest absolute Gasteiger partial charge is 0.573 e. The zero-order valence-corrected chi connectivity index (χ0v) is 10.9. The van der Waals surface area contributed by atoms with E-state index in [0.717, 1.165) is 25.1 Å². The van der Waals surface area contributed by atoms with Crippen LogP contribution in [0.15, 0.2) is 24.3 Å². The Labute approximate surface area is 109 Å². The van der Waals surface area contributed by atoms with Crippen molar-refractivity contribution in [3.05, 3.63) is 24.3 Å². The third-order valence-electron chi connectivity index (χ3n) is 2.17. The predicted octanol–water partition coefficient (Wildman–Crippen LogP) is 4.14. The minimum atomic E-state index is -4.64. The Morgan fingerprint density at radius 3 is 2.72 bits per heavy atom. The fourth-order valence-corrected chi connectivity index (χ4v) is 1.90. The highest BCUT2D eigenvalue weighted by Crippen LogP contribution is 2.24. The van der Waals surface area contributed by atoms with Gasteiger partial charge in [0.25, 0.3) is 0 Å². The fourth-order valence-electron chi connectivity index (χ4n) is 1.41. The second-order valence-electron chi connectivity index (χ2n) is 3.70. The number of thioether (sulfide) groups is 1. The second kappa shape index (κ2) is 7.41. The van der Waals surface area contributed by atoms with Crippen molar-refractivity contribution in [2.75, 3.05) is 23.9 Å². The monoisotopic (exact) mass is 279 g/mol. The Hall–Kier alpha value is -1.04. The van der Waals surface area contributed by atoms with Gasteiger partial charge in [-0.1, -0.05) is 6.07 Å². The van der Waals surface area contributed by atoms with Gasteiger partial charge < -0.3 is 10.1 Å². The van der Waals surface area contributed by atoms with Crippen LogP contribution in [0.2, 0.25) is 0 Å². The molecule has 0 fully saturated rings. The van der Waals surface area contributed by atoms with Crippen LogP contribution >= 0.6 is 11.8 Å². The van der Waals surface area contributed by atoms with Gasteiger partial charge in [0.1, 0.15) is 5.75 Å². The Morgan fingerprint density at radius 2 is 2.06 bits per heavy atom. The van der Waals surface area contributed by atoms with E-state index in [9.17, 15) is 13.2 Å². The molecule has 0 aliphatic carbocycles. The molecule has 0 aromatic heterocycles. The van der Waals surface area contributed by atoms with Crippen LogP contribution in [0, 0.1) is 0 Å². The van der Waals surface area contributed by atoms with Crippen LogP contribution in [0.4, 0.5) is 18.9 Å². The summed E-state index contributed by atoms with van der Waals surface area (Å²) in [4.78, 5) is 0. The average Bonchev–Trinajstić information content (AvgIpc) is 2.27. The van der Waals surface area contributed by atoms with Crippen LogP contribution < -0.4 is 10.1 Å². The fraction of sp³-hybridized carbons (Fsp3) is 0.500. The molecule has 0 bridgehead atoms. The van der Waals surface area contributed by atoms with Gasteiger partial charge in [0.05, 0.1) is 0 Å². The molecule has 2 nitrogen and oxygen atoms in total. The van der Waals surface area contributed by atoms with Gasteiger partial charge in [-0.15, -0.1) is 13.2 Å². The second-order valence-corrected chi connectivity index (χ2v) is 4.69. The maximum atomic E-state index is 12.0. The van der Waals surface area contributed by atoms with Crippen molar-refractivity contribution in [3.63, 3.8) is 0 Å². The quantitative estimate of drug-likeness (QED) is 0.758. The van der Waals surface area contributed by atoms with E-state index in [1.165, 1.54) is 18.2 Å². The van der Waals surface area contributed by atoms with E-state index in [2.05, 4.69) is 10.1 Å². The van der Waals surface area contributed by atoms with Crippen molar-refractivity contribution in [3.8, 4) is 5.75 Å². The molecule has 0 saturated heterocycles. The molecular weight excluding hydrogens is 263 g/mol. The van der Waals surface area contributed by atoms with Crippen LogP contribution in [0.5, 0.6) is 5.75 Å². The van der Waals surface area contributed by atoms with Gasteiger partial charge in [-0.2, -0.15) is 11.8 Å². The molecule has 102 valence electrons. The summed E-state index contributed by atoms with van der Waals surface area (Å²) in [5, 5.41) is 3.07. The topological polar surface area (TPSA) is 21.3 Å². The number of rotatable bonds is 7. The first-order chi connectivity index (χ1) is 8.51. The molecule has 0 spiro atoms. The highest BCUT2D eigenvalue weighted by molar-refractivity contribution is 7.98. The first kappa shape index (κ1) is 15.0. The summed E-state index contributed by atoms with van der Waals surface area (Å²) in [7, 11) is 0. The molecule has 1 N–H and O–H groups in total. The van der Waals surface area contributed by atoms with Crippen molar-refractivity contribution in [1.82, 2.24) is 0 Å². The lowest BCUT2D eigenvalue weighted by Crippen LogP contribution is -2.17. The Kier molecular flexibility index (Phi) is 6.18. The third kappa shape index (κ3) is 6.64. The molecule has 0 unspecified atom stereocenters. The van der Waals surface area contributed by atoms with Crippen molar-refractivity contribution < 1.29 is 17.9 Å². The average molecular weight is 279 g/mol. The summed E-state index contributed by atoms with van der Waals surface area (Å²) >= 11 is 1.78. The molecule has 1 rings (SSSR count). The number of benzene rings is 1. The van der Waals surface area contributed by atoms with E-state index in [4.69, 9.17) is 0 Å². The molecule has 0 atom stereocenters. The van der Waals surface area contributed by atoms with Crippen LogP contribution in [-0.4, -0.2) is 24.9 Å². The number of unbranched alkanes of at least 4 members (excludes halogenated alkanes) is 1. The van der Waals surface area contributed by atoms with Crippen molar-refractivity contribution in [2.45, 2.75) is 19.2 Å². The molecule has 1 aromatic carbocycles. The van der Waals surface area contributed by atoms with Gasteiger partial charge >= 0.3 is 6.36 Å². The number of halogens is 3. The van der Waals surface area contributed by atoms with Crippen LogP contribution in [0.1, 0.15) is 12.8 Å². The lowest BCUT2D eigenvalue weighted by molar-refractivity contribution is -0.274. The molecule has 0 aliphatic heterocycles. The Balaban J connectivity index is 2.40. The smallest absolute Gasteiger partial charge is 0.406 e. The Bertz CT molecular complexity index is 357. The van der Waals surface area contributed by atoms with Crippen LogP contribution in [0.3, 0.4) is 0 Å². The van der Waals surface area contributed by atoms with E-state index >= 15 is 0 Å². The van der Waals surface area contributed by atoms with E-state index in [1.54, 1.807) is 17.8 Å². The number of hydrogen-bond donors (Lipinski definition) is 1. The van der Waals surface area contributed by atoms with Gasteiger partial charge in [-0.25, -0.2) is 0 Å². The van der Waals surface area contributed by atoms with Gasteiger partial charge in [0.15, 0.2) is 0 Å². The molecule has 0 saturated carbocycles. The molecule has 18 heavy (non-hydrogen) atoms. The third-order valence-corrected chi connectivity index (χ3v) is 2.87. The molecule has 6 heteroatoms. The van der Waals surface area contributed by atoms with Gasteiger partial charge in [0.2, 0.25) is 0 Å². The molecule has 0 radical (unpaired) electrons. The summed E-state index contributed by atoms with van der Waals surface area (Å²) in [5.41, 5.74) is 0.640. The predicted molar refractivity (Wildman–Crippen MR) is 69.2 cm³/mol. The van der Waals surface area contributed by atoms with Gasteiger partial charge in [-0.05, 0) is 37.0 Å². The molecule has 0 aliphatic rings. The molecule has 0 heterocycles. The zero-order valence-electron chi connectivity index (χ0n) is 10.1. The number of hydrogen-bond acceptors (Lipinski definition) is 3. The summed E-state index contributed by atoms with van der Waals surface area (Å²) in [5.74, 6) is 0.899. The summed E-state index contributed by atoms with van der Waals surface area (Å²) in [6.07, 6.45) is -0.513. The van der Waals surface area contributed by atoms with E-state index < -0.39 is 6.36 Å². The number of ether oxygens (including phenoxy) is 1. The SMILES string of the molecule is CSCCCCNc1cccc(OC(F)(F)F)c1. The first-order valence-electron chi connectivity index (χ1n) is 5.60. The number of alkyl halides is 3. The number of nitrogens with one attached hydrogen (secondary N) is 1. The standard InChI is InChI=1S/C12H16F3NOS/c1-18-8-3-2-7-16-10-5-4-6-11(9-10)17-12(13,14)15/h4-6,9,16H,2-3,7-8H2,1H3. The maximum Gasteiger partial charge on any atom is 0.573 e. The molecular formula is C12H16F3NOS. The van der Waals surface area contributed by atoms with Crippen molar-refractivity contribution in [1.29, 1.82) is 0 Å². The highest BCUT2D eigenvalue weighted by Gasteiger charge is 2.31. The van der Waals surface area contributed by atoms with Gasteiger partial charge in [0, 0.05) is 18.3 Å². The Morgan fingerprint density at radius 1 is 1.28 bits per heavy atom. The summed E-state index contributed by atoms with van der Waals surface area (Å²) in [6, 6.07) is 5.89. The van der Waals surface area contributed by atoms with Crippen molar-refractivity contribution in [2.24, 2.45) is 0 Å². The number of anilines is 1. The van der Waals surface area contributed by atoms with E-state index in [-0.39, 0.29) is 5.75 Å². The van der Waals surface area contributed by atoms with Gasteiger partial charge in [-0.3, -0.25) is 0 Å². The summed E-state index contributed by atoms with van der Waals surface area (Å²) < 4.78 is 39.9. The lowest BCUT2D eigenvalue weighted by atomic mass is 10.3. The summed E-state index contributed by atoms with van der Waals surface area (Å²) in [6.45, 7) is 0.746. The normalized spacial score (nSPS) is 11.3. The minimum Gasteiger partial charge on any atom is -0.406 e. The first-order valence-corrected chi connectivity index (χ1v) is 6.99. The molecule has 0 amide bonds. The van der Waals surface area contributed by atoms with E-state index in [0.29, 0.717) is 5.69 Å².